The molecule has 2 saturated heterocycles. The van der Waals surface area contributed by atoms with Gasteiger partial charge in [0, 0.05) is 26.2 Å². The number of nitrogens with two attached hydrogens (primary N) is 1. The molecule has 7 nitrogen and oxygen atoms in total. The molecule has 2 aliphatic heterocycles. The molecule has 3 heterocycles. The number of morpholine rings is 1. The van der Waals surface area contributed by atoms with Crippen LogP contribution in [-0.4, -0.2) is 59.2 Å². The summed E-state index contributed by atoms with van der Waals surface area (Å²) in [5.41, 5.74) is 6.81. The van der Waals surface area contributed by atoms with Crippen LogP contribution in [0.1, 0.15) is 16.1 Å². The third-order valence-electron chi connectivity index (χ3n) is 4.84. The number of carbonyl (C=O) groups excluding carboxylic acids is 1. The summed E-state index contributed by atoms with van der Waals surface area (Å²) in [5.74, 6) is 0.113. The van der Waals surface area contributed by atoms with E-state index in [4.69, 9.17) is 10.5 Å². The first-order valence-corrected chi connectivity index (χ1v) is 8.47. The maximum Gasteiger partial charge on any atom is 0.268 e. The lowest BCUT2D eigenvalue weighted by Gasteiger charge is -2.36. The molecule has 2 fully saturated rings. The van der Waals surface area contributed by atoms with Crippen LogP contribution in [0.25, 0.3) is 0 Å². The fourth-order valence-electron chi connectivity index (χ4n) is 3.59. The topological polar surface area (TPSA) is 84.6 Å². The predicted octanol–water partition coefficient (Wildman–Crippen LogP) is 0.665. The second-order valence-electron chi connectivity index (χ2n) is 6.46. The van der Waals surface area contributed by atoms with E-state index in [0.717, 1.165) is 32.8 Å². The minimum absolute atomic E-state index is 0.136. The number of anilines is 1. The van der Waals surface area contributed by atoms with E-state index in [1.54, 1.807) is 6.20 Å². The van der Waals surface area contributed by atoms with Crippen molar-refractivity contribution in [1.82, 2.24) is 14.9 Å². The van der Waals surface area contributed by atoms with E-state index in [2.05, 4.69) is 44.0 Å². The van der Waals surface area contributed by atoms with Gasteiger partial charge in [0.15, 0.2) is 0 Å². The summed E-state index contributed by atoms with van der Waals surface area (Å²) in [4.78, 5) is 24.4. The maximum atomic E-state index is 11.3. The van der Waals surface area contributed by atoms with Gasteiger partial charge in [-0.05, 0) is 5.56 Å². The molecule has 7 heteroatoms. The highest BCUT2D eigenvalue weighted by molar-refractivity contribution is 5.90. The number of carbonyl (C=O) groups is 1. The summed E-state index contributed by atoms with van der Waals surface area (Å²) in [7, 11) is 0. The van der Waals surface area contributed by atoms with Crippen molar-refractivity contribution in [3.05, 3.63) is 54.0 Å². The number of fused-ring (bicyclic) bond motifs is 1. The lowest BCUT2D eigenvalue weighted by molar-refractivity contribution is -0.0499. The number of hydrogen-bond acceptors (Lipinski definition) is 6. The van der Waals surface area contributed by atoms with E-state index >= 15 is 0 Å². The van der Waals surface area contributed by atoms with Gasteiger partial charge in [-0.25, -0.2) is 4.98 Å². The Morgan fingerprint density at radius 2 is 2.08 bits per heavy atom. The third kappa shape index (κ3) is 3.33. The lowest BCUT2D eigenvalue weighted by Crippen LogP contribution is -2.50. The van der Waals surface area contributed by atoms with Crippen molar-refractivity contribution in [2.45, 2.75) is 18.7 Å². The van der Waals surface area contributed by atoms with E-state index in [9.17, 15) is 4.79 Å². The van der Waals surface area contributed by atoms with Gasteiger partial charge in [-0.1, -0.05) is 30.3 Å². The van der Waals surface area contributed by atoms with Crippen LogP contribution in [0, 0.1) is 0 Å². The number of primary amides is 1. The zero-order chi connectivity index (χ0) is 17.2. The molecule has 2 aromatic rings. The quantitative estimate of drug-likeness (QED) is 0.881. The Kier molecular flexibility index (Phi) is 4.33. The second kappa shape index (κ2) is 6.78. The fourth-order valence-corrected chi connectivity index (χ4v) is 3.59. The van der Waals surface area contributed by atoms with Crippen LogP contribution < -0.4 is 10.6 Å². The average Bonchev–Trinajstić information content (AvgIpc) is 3.08. The molecule has 0 saturated carbocycles. The lowest BCUT2D eigenvalue weighted by atomic mass is 10.1. The molecule has 0 bridgehead atoms. The molecule has 2 unspecified atom stereocenters. The number of benzene rings is 1. The Balaban J connectivity index is 1.51. The third-order valence-corrected chi connectivity index (χ3v) is 4.84. The molecule has 4 rings (SSSR count). The zero-order valence-electron chi connectivity index (χ0n) is 13.9. The molecule has 0 radical (unpaired) electrons. The molecular weight excluding hydrogens is 318 g/mol. The Labute approximate surface area is 146 Å². The highest BCUT2D eigenvalue weighted by Gasteiger charge is 2.40. The van der Waals surface area contributed by atoms with Crippen molar-refractivity contribution in [1.29, 1.82) is 0 Å². The number of hydrogen-bond donors (Lipinski definition) is 1. The van der Waals surface area contributed by atoms with Crippen LogP contribution in [0.2, 0.25) is 0 Å². The van der Waals surface area contributed by atoms with Crippen molar-refractivity contribution in [3.8, 4) is 0 Å². The fraction of sp³-hybridized carbons (Fsp3) is 0.389. The number of ether oxygens (including phenoxy) is 1. The summed E-state index contributed by atoms with van der Waals surface area (Å²) < 4.78 is 5.98. The Hall–Kier alpha value is -2.51. The monoisotopic (exact) mass is 339 g/mol. The molecule has 2 aliphatic rings. The van der Waals surface area contributed by atoms with Crippen molar-refractivity contribution in [2.24, 2.45) is 5.73 Å². The van der Waals surface area contributed by atoms with Gasteiger partial charge >= 0.3 is 0 Å². The molecule has 2 N–H and O–H groups in total. The van der Waals surface area contributed by atoms with Gasteiger partial charge in [-0.15, -0.1) is 0 Å². The maximum absolute atomic E-state index is 11.3. The predicted molar refractivity (Wildman–Crippen MR) is 93.1 cm³/mol. The number of nitrogens with zero attached hydrogens (tertiary/aromatic N) is 4. The molecule has 25 heavy (non-hydrogen) atoms. The minimum Gasteiger partial charge on any atom is -0.373 e. The number of rotatable bonds is 4. The largest absolute Gasteiger partial charge is 0.373 e. The molecule has 0 spiro atoms. The van der Waals surface area contributed by atoms with E-state index < -0.39 is 5.91 Å². The average molecular weight is 339 g/mol. The first-order chi connectivity index (χ1) is 12.2. The summed E-state index contributed by atoms with van der Waals surface area (Å²) >= 11 is 0. The van der Waals surface area contributed by atoms with Gasteiger partial charge in [0.05, 0.1) is 31.1 Å². The molecule has 1 aromatic carbocycles. The smallest absolute Gasteiger partial charge is 0.268 e. The zero-order valence-corrected chi connectivity index (χ0v) is 13.9. The molecule has 0 aliphatic carbocycles. The summed E-state index contributed by atoms with van der Waals surface area (Å²) in [6.07, 6.45) is 3.20. The van der Waals surface area contributed by atoms with Crippen molar-refractivity contribution in [2.75, 3.05) is 31.1 Å². The molecule has 2 atom stereocenters. The Bertz CT molecular complexity index is 754. The SMILES string of the molecule is NC(=O)c1cncc(N2CC3OCCN(Cc4ccccc4)C3C2)n1. The number of amides is 1. The van der Waals surface area contributed by atoms with Crippen molar-refractivity contribution < 1.29 is 9.53 Å². The molecule has 1 aromatic heterocycles. The van der Waals surface area contributed by atoms with Crippen molar-refractivity contribution >= 4 is 11.7 Å². The van der Waals surface area contributed by atoms with Crippen LogP contribution in [0.15, 0.2) is 42.7 Å². The van der Waals surface area contributed by atoms with Gasteiger partial charge in [0.25, 0.3) is 5.91 Å². The van der Waals surface area contributed by atoms with Gasteiger partial charge in [0.2, 0.25) is 0 Å². The van der Waals surface area contributed by atoms with Gasteiger partial charge < -0.3 is 15.4 Å². The van der Waals surface area contributed by atoms with Crippen LogP contribution in [0.5, 0.6) is 0 Å². The normalized spacial score (nSPS) is 23.4. The van der Waals surface area contributed by atoms with Crippen LogP contribution in [-0.2, 0) is 11.3 Å². The second-order valence-corrected chi connectivity index (χ2v) is 6.46. The minimum atomic E-state index is -0.562. The van der Waals surface area contributed by atoms with Crippen molar-refractivity contribution in [3.63, 3.8) is 0 Å². The molecule has 130 valence electrons. The van der Waals surface area contributed by atoms with E-state index in [-0.39, 0.29) is 11.8 Å². The first kappa shape index (κ1) is 16.0. The Morgan fingerprint density at radius 3 is 2.88 bits per heavy atom. The highest BCUT2D eigenvalue weighted by Crippen LogP contribution is 2.27. The number of aromatic nitrogens is 2. The summed E-state index contributed by atoms with van der Waals surface area (Å²) in [5, 5.41) is 0. The molecule has 1 amide bonds. The molecular formula is C18H21N5O2. The van der Waals surface area contributed by atoms with Gasteiger partial charge in [0.1, 0.15) is 11.5 Å². The Morgan fingerprint density at radius 1 is 1.24 bits per heavy atom. The van der Waals surface area contributed by atoms with E-state index in [0.29, 0.717) is 11.9 Å². The first-order valence-electron chi connectivity index (χ1n) is 8.47. The van der Waals surface area contributed by atoms with Gasteiger partial charge in [-0.2, -0.15) is 0 Å². The van der Waals surface area contributed by atoms with Gasteiger partial charge in [-0.3, -0.25) is 14.7 Å². The summed E-state index contributed by atoms with van der Waals surface area (Å²) in [6, 6.07) is 10.8. The van der Waals surface area contributed by atoms with E-state index in [1.165, 1.54) is 11.8 Å². The standard InChI is InChI=1S/C18H21N5O2/c19-18(24)14-8-20-9-17(21-14)23-11-15-16(12-23)25-7-6-22(15)10-13-4-2-1-3-5-13/h1-5,8-9,15-16H,6-7,10-12H2,(H2,19,24). The van der Waals surface area contributed by atoms with Crippen LogP contribution in [0.4, 0.5) is 5.82 Å². The van der Waals surface area contributed by atoms with Crippen LogP contribution >= 0.6 is 0 Å². The van der Waals surface area contributed by atoms with Crippen LogP contribution in [0.3, 0.4) is 0 Å². The summed E-state index contributed by atoms with van der Waals surface area (Å²) in [6.45, 7) is 4.10. The highest BCUT2D eigenvalue weighted by atomic mass is 16.5. The van der Waals surface area contributed by atoms with E-state index in [1.807, 2.05) is 6.07 Å².